The molecule has 0 aliphatic carbocycles. The van der Waals surface area contributed by atoms with Gasteiger partial charge >= 0.3 is 0 Å². The van der Waals surface area contributed by atoms with Crippen molar-refractivity contribution in [2.75, 3.05) is 13.9 Å². The number of hydrogen-bond donors (Lipinski definition) is 1. The second-order valence-electron chi connectivity index (χ2n) is 10.3. The third-order valence-corrected chi connectivity index (χ3v) is 8.65. The smallest absolute Gasteiger partial charge is 0.188 e. The van der Waals surface area contributed by atoms with Crippen LogP contribution in [0, 0.1) is 6.92 Å². The fourth-order valence-electron chi connectivity index (χ4n) is 4.50. The summed E-state index contributed by atoms with van der Waals surface area (Å²) in [7, 11) is 2.22. The van der Waals surface area contributed by atoms with Crippen LogP contribution in [0.4, 0.5) is 0 Å². The van der Waals surface area contributed by atoms with Crippen molar-refractivity contribution in [1.82, 2.24) is 0 Å². The van der Waals surface area contributed by atoms with Crippen LogP contribution in [0.5, 0.6) is 5.75 Å². The van der Waals surface area contributed by atoms with E-state index in [2.05, 4.69) is 71.9 Å². The molecule has 2 rings (SSSR count). The van der Waals surface area contributed by atoms with Crippen LogP contribution in [0.25, 0.3) is 0 Å². The summed E-state index contributed by atoms with van der Waals surface area (Å²) in [6.07, 6.45) is 5.22. The van der Waals surface area contributed by atoms with Crippen LogP contribution < -0.4 is 10.0 Å². The lowest BCUT2D eigenvalue weighted by atomic mass is 9.80. The first-order chi connectivity index (χ1) is 15.6. The summed E-state index contributed by atoms with van der Waals surface area (Å²) in [5.41, 5.74) is 4.87. The Bertz CT molecular complexity index is 885. The molecule has 3 atom stereocenters. The number of rotatable bonds is 12. The fourth-order valence-corrected chi connectivity index (χ4v) is 6.43. The fraction of sp³-hybridized carbons (Fsp3) is 0.586. The Morgan fingerprint density at radius 1 is 1.06 bits per heavy atom. The molecule has 0 spiro atoms. The van der Waals surface area contributed by atoms with Crippen LogP contribution in [0.3, 0.4) is 0 Å². The van der Waals surface area contributed by atoms with Gasteiger partial charge in [0.2, 0.25) is 0 Å². The molecule has 2 aromatic carbocycles. The molecule has 33 heavy (non-hydrogen) atoms. The highest BCUT2D eigenvalue weighted by Gasteiger charge is 2.36. The standard InChI is InChI=1S/C29H45O3P/c1-9-11-14-17-29(10-2,33-26-16-13-12-15-24(26)22(4)30)25-19-23(28(5,6)7)18-21(3)27(25)32-20-31-8/h12-13,15-16,18-19,22,30,33H,9-11,14,17,20H2,1-8H3. The number of methoxy groups -OCH3 is 1. The molecule has 184 valence electrons. The van der Waals surface area contributed by atoms with E-state index in [1.165, 1.54) is 35.7 Å². The van der Waals surface area contributed by atoms with E-state index in [1.54, 1.807) is 7.11 Å². The van der Waals surface area contributed by atoms with Crippen molar-refractivity contribution >= 4 is 13.9 Å². The van der Waals surface area contributed by atoms with Gasteiger partial charge < -0.3 is 14.6 Å². The van der Waals surface area contributed by atoms with Gasteiger partial charge in [-0.25, -0.2) is 0 Å². The van der Waals surface area contributed by atoms with Crippen LogP contribution in [0.15, 0.2) is 36.4 Å². The van der Waals surface area contributed by atoms with Crippen LogP contribution in [0.2, 0.25) is 0 Å². The number of hydrogen-bond acceptors (Lipinski definition) is 3. The van der Waals surface area contributed by atoms with Gasteiger partial charge in [0.1, 0.15) is 5.75 Å². The van der Waals surface area contributed by atoms with Gasteiger partial charge in [0.25, 0.3) is 0 Å². The van der Waals surface area contributed by atoms with Crippen LogP contribution in [-0.2, 0) is 15.3 Å². The highest BCUT2D eigenvalue weighted by atomic mass is 31.1. The van der Waals surface area contributed by atoms with Crippen molar-refractivity contribution in [3.8, 4) is 5.75 Å². The largest absolute Gasteiger partial charge is 0.467 e. The number of aryl methyl sites for hydroxylation is 1. The molecular formula is C29H45O3P. The van der Waals surface area contributed by atoms with E-state index >= 15 is 0 Å². The number of aliphatic hydroxyl groups excluding tert-OH is 1. The summed E-state index contributed by atoms with van der Waals surface area (Å²) in [4.78, 5) is 0. The Hall–Kier alpha value is -1.41. The summed E-state index contributed by atoms with van der Waals surface area (Å²) in [5.74, 6) is 0.963. The maximum absolute atomic E-state index is 10.5. The Labute approximate surface area is 204 Å². The minimum Gasteiger partial charge on any atom is -0.467 e. The molecule has 3 unspecified atom stereocenters. The highest BCUT2D eigenvalue weighted by molar-refractivity contribution is 7.48. The van der Waals surface area contributed by atoms with Gasteiger partial charge in [0.15, 0.2) is 6.79 Å². The summed E-state index contributed by atoms with van der Waals surface area (Å²) in [5, 5.41) is 11.7. The first kappa shape index (κ1) is 27.8. The number of benzene rings is 2. The first-order valence-corrected chi connectivity index (χ1v) is 13.4. The molecular weight excluding hydrogens is 427 g/mol. The zero-order valence-electron chi connectivity index (χ0n) is 22.0. The zero-order chi connectivity index (χ0) is 24.6. The van der Waals surface area contributed by atoms with Crippen molar-refractivity contribution in [2.24, 2.45) is 0 Å². The molecule has 0 fully saturated rings. The monoisotopic (exact) mass is 472 g/mol. The molecule has 4 heteroatoms. The van der Waals surface area contributed by atoms with Crippen molar-refractivity contribution in [2.45, 2.75) is 97.2 Å². The number of unbranched alkanes of at least 4 members (excludes halogenated alkanes) is 2. The molecule has 0 saturated carbocycles. The van der Waals surface area contributed by atoms with E-state index in [1.807, 2.05) is 13.0 Å². The van der Waals surface area contributed by atoms with E-state index in [0.29, 0.717) is 8.58 Å². The Morgan fingerprint density at radius 3 is 2.33 bits per heavy atom. The van der Waals surface area contributed by atoms with Crippen molar-refractivity contribution in [3.05, 3.63) is 58.7 Å². The lowest BCUT2D eigenvalue weighted by molar-refractivity contribution is 0.0493. The molecule has 0 aliphatic rings. The molecule has 0 amide bonds. The summed E-state index contributed by atoms with van der Waals surface area (Å²) < 4.78 is 11.6. The van der Waals surface area contributed by atoms with Gasteiger partial charge in [0, 0.05) is 17.8 Å². The maximum atomic E-state index is 10.5. The molecule has 0 bridgehead atoms. The third kappa shape index (κ3) is 7.04. The Balaban J connectivity index is 2.75. The number of ether oxygens (including phenoxy) is 2. The van der Waals surface area contributed by atoms with Gasteiger partial charge in [-0.3, -0.25) is 0 Å². The maximum Gasteiger partial charge on any atom is 0.188 e. The summed E-state index contributed by atoms with van der Waals surface area (Å²) in [6.45, 7) is 15.7. The van der Waals surface area contributed by atoms with Gasteiger partial charge in [-0.2, -0.15) is 0 Å². The Kier molecular flexibility index (Phi) is 10.4. The third-order valence-electron chi connectivity index (χ3n) is 6.57. The number of aliphatic hydroxyl groups is 1. The molecule has 3 nitrogen and oxygen atoms in total. The predicted molar refractivity (Wildman–Crippen MR) is 144 cm³/mol. The van der Waals surface area contributed by atoms with Crippen LogP contribution >= 0.6 is 8.58 Å². The summed E-state index contributed by atoms with van der Waals surface area (Å²) >= 11 is 0. The second kappa shape index (κ2) is 12.3. The predicted octanol–water partition coefficient (Wildman–Crippen LogP) is 7.52. The lowest BCUT2D eigenvalue weighted by Crippen LogP contribution is -2.27. The first-order valence-electron chi connectivity index (χ1n) is 12.4. The van der Waals surface area contributed by atoms with Gasteiger partial charge in [-0.1, -0.05) is 98.9 Å². The Morgan fingerprint density at radius 2 is 1.76 bits per heavy atom. The van der Waals surface area contributed by atoms with Crippen molar-refractivity contribution < 1.29 is 14.6 Å². The lowest BCUT2D eigenvalue weighted by Gasteiger charge is -2.38. The van der Waals surface area contributed by atoms with Crippen molar-refractivity contribution in [1.29, 1.82) is 0 Å². The van der Waals surface area contributed by atoms with Gasteiger partial charge in [-0.05, 0) is 54.1 Å². The van der Waals surface area contributed by atoms with Gasteiger partial charge in [-0.15, -0.1) is 0 Å². The van der Waals surface area contributed by atoms with Gasteiger partial charge in [0.05, 0.1) is 6.10 Å². The second-order valence-corrected chi connectivity index (χ2v) is 12.0. The molecule has 0 saturated heterocycles. The molecule has 0 aromatic heterocycles. The highest BCUT2D eigenvalue weighted by Crippen LogP contribution is 2.53. The van der Waals surface area contributed by atoms with Crippen LogP contribution in [-0.4, -0.2) is 19.0 Å². The SMILES string of the molecule is CCCCCC(CC)(Pc1ccccc1C(C)O)c1cc(C(C)(C)C)cc(C)c1OCOC. The molecule has 2 aromatic rings. The quantitative estimate of drug-likeness (QED) is 0.197. The average molecular weight is 473 g/mol. The van der Waals surface area contributed by atoms with Crippen LogP contribution in [0.1, 0.15) is 102 Å². The van der Waals surface area contributed by atoms with E-state index in [0.717, 1.165) is 29.7 Å². The normalized spacial score (nSPS) is 15.1. The van der Waals surface area contributed by atoms with E-state index in [4.69, 9.17) is 9.47 Å². The van der Waals surface area contributed by atoms with E-state index in [9.17, 15) is 5.11 Å². The van der Waals surface area contributed by atoms with Crippen molar-refractivity contribution in [3.63, 3.8) is 0 Å². The molecule has 0 heterocycles. The molecule has 0 radical (unpaired) electrons. The van der Waals surface area contributed by atoms with E-state index < -0.39 is 6.10 Å². The minimum atomic E-state index is -0.481. The molecule has 0 aliphatic heterocycles. The average Bonchev–Trinajstić information content (AvgIpc) is 2.76. The topological polar surface area (TPSA) is 38.7 Å². The molecule has 1 N–H and O–H groups in total. The zero-order valence-corrected chi connectivity index (χ0v) is 23.0. The summed E-state index contributed by atoms with van der Waals surface area (Å²) in [6, 6.07) is 13.1. The van der Waals surface area contributed by atoms with E-state index in [-0.39, 0.29) is 17.4 Å². The minimum absolute atomic E-state index is 0.0445.